The molecule has 5 nitrogen and oxygen atoms in total. The van der Waals surface area contributed by atoms with E-state index in [0.29, 0.717) is 27.3 Å². The van der Waals surface area contributed by atoms with Crippen molar-refractivity contribution >= 4 is 46.6 Å². The lowest BCUT2D eigenvalue weighted by Crippen LogP contribution is -2.33. The molecule has 0 radical (unpaired) electrons. The van der Waals surface area contributed by atoms with E-state index in [1.54, 1.807) is 36.4 Å². The zero-order valence-corrected chi connectivity index (χ0v) is 20.0. The van der Waals surface area contributed by atoms with Crippen molar-refractivity contribution in [3.63, 3.8) is 0 Å². The highest BCUT2D eigenvalue weighted by Gasteiger charge is 2.42. The van der Waals surface area contributed by atoms with Crippen molar-refractivity contribution in [2.75, 3.05) is 17.3 Å². The molecule has 0 spiro atoms. The van der Waals surface area contributed by atoms with Gasteiger partial charge in [0.05, 0.1) is 23.4 Å². The number of methoxy groups -OCH3 is 1. The average Bonchev–Trinajstić information content (AvgIpc) is 3.04. The first-order chi connectivity index (χ1) is 16.6. The number of carbonyl (C=O) groups excluding carboxylic acids is 2. The van der Waals surface area contributed by atoms with Crippen LogP contribution >= 0.6 is 23.4 Å². The summed E-state index contributed by atoms with van der Waals surface area (Å²) in [7, 11) is 1.51. The molecule has 0 bridgehead atoms. The second-order valence-corrected chi connectivity index (χ2v) is 9.07. The van der Waals surface area contributed by atoms with Gasteiger partial charge >= 0.3 is 6.18 Å². The summed E-state index contributed by atoms with van der Waals surface area (Å²) in [6.45, 7) is 1.91. The van der Waals surface area contributed by atoms with Gasteiger partial charge in [0.15, 0.2) is 0 Å². The van der Waals surface area contributed by atoms with Gasteiger partial charge in [-0.2, -0.15) is 13.2 Å². The molecule has 1 heterocycles. The maximum atomic E-state index is 13.4. The molecule has 0 saturated heterocycles. The standard InChI is InChI=1S/C25H18ClF3N2O3S/c1-14-3-10-18(11-4-14)35-22-21(30-16-6-8-17(34-2)9-7-16)23(32)31(24(22)33)20-13-15(25(27,28)29)5-12-19(20)26/h3-13,30H,1-2H3. The second kappa shape index (κ2) is 9.67. The molecule has 2 amide bonds. The Balaban J connectivity index is 1.77. The van der Waals surface area contributed by atoms with Crippen molar-refractivity contribution in [2.45, 2.75) is 18.0 Å². The Morgan fingerprint density at radius 3 is 2.20 bits per heavy atom. The highest BCUT2D eigenvalue weighted by Crippen LogP contribution is 2.42. The maximum Gasteiger partial charge on any atom is 0.416 e. The Bertz CT molecular complexity index is 1320. The first-order valence-electron chi connectivity index (χ1n) is 10.2. The SMILES string of the molecule is COc1ccc(NC2=C(Sc3ccc(C)cc3)C(=O)N(c3cc(C(F)(F)F)ccc3Cl)C2=O)cc1. The number of ether oxygens (including phenoxy) is 1. The predicted molar refractivity (Wildman–Crippen MR) is 130 cm³/mol. The van der Waals surface area contributed by atoms with Crippen molar-refractivity contribution in [3.05, 3.63) is 93.5 Å². The van der Waals surface area contributed by atoms with Gasteiger partial charge in [0.25, 0.3) is 11.8 Å². The Morgan fingerprint density at radius 1 is 0.943 bits per heavy atom. The van der Waals surface area contributed by atoms with Crippen molar-refractivity contribution < 1.29 is 27.5 Å². The molecule has 0 aliphatic carbocycles. The van der Waals surface area contributed by atoms with Crippen LogP contribution in [0.2, 0.25) is 5.02 Å². The third-order valence-corrected chi connectivity index (χ3v) is 6.57. The van der Waals surface area contributed by atoms with Crippen LogP contribution in [0, 0.1) is 6.92 Å². The van der Waals surface area contributed by atoms with Crippen LogP contribution in [0.4, 0.5) is 24.5 Å². The van der Waals surface area contributed by atoms with Gasteiger partial charge in [-0.25, -0.2) is 4.90 Å². The molecule has 1 aliphatic heterocycles. The molecule has 1 aliphatic rings. The summed E-state index contributed by atoms with van der Waals surface area (Å²) in [6.07, 6.45) is -4.68. The summed E-state index contributed by atoms with van der Waals surface area (Å²) in [4.78, 5) is 28.2. The molecule has 4 rings (SSSR count). The van der Waals surface area contributed by atoms with E-state index in [1.807, 2.05) is 19.1 Å². The number of amides is 2. The lowest BCUT2D eigenvalue weighted by molar-refractivity contribution is -0.137. The van der Waals surface area contributed by atoms with E-state index in [-0.39, 0.29) is 21.3 Å². The number of nitrogens with one attached hydrogen (secondary N) is 1. The summed E-state index contributed by atoms with van der Waals surface area (Å²) in [5.74, 6) is -1.01. The van der Waals surface area contributed by atoms with Crippen molar-refractivity contribution in [1.82, 2.24) is 0 Å². The molecular formula is C25H18ClF3N2O3S. The first kappa shape index (κ1) is 24.7. The van der Waals surface area contributed by atoms with Crippen LogP contribution in [0.3, 0.4) is 0 Å². The summed E-state index contributed by atoms with van der Waals surface area (Å²) in [6, 6.07) is 16.4. The number of anilines is 2. The number of rotatable bonds is 6. The van der Waals surface area contributed by atoms with Crippen LogP contribution in [0.25, 0.3) is 0 Å². The Kier molecular flexibility index (Phi) is 6.82. The fraction of sp³-hybridized carbons (Fsp3) is 0.120. The molecule has 3 aromatic rings. The van der Waals surface area contributed by atoms with E-state index < -0.39 is 23.6 Å². The third-order valence-electron chi connectivity index (χ3n) is 5.16. The predicted octanol–water partition coefficient (Wildman–Crippen LogP) is 6.67. The molecule has 1 N–H and O–H groups in total. The number of hydrogen-bond donors (Lipinski definition) is 1. The minimum absolute atomic E-state index is 0.0307. The third kappa shape index (κ3) is 5.16. The van der Waals surface area contributed by atoms with Gasteiger partial charge in [0, 0.05) is 10.6 Å². The van der Waals surface area contributed by atoms with Gasteiger partial charge in [0.2, 0.25) is 0 Å². The van der Waals surface area contributed by atoms with Crippen molar-refractivity contribution in [3.8, 4) is 5.75 Å². The molecule has 0 atom stereocenters. The number of thioether (sulfide) groups is 1. The number of aryl methyl sites for hydroxylation is 1. The van der Waals surface area contributed by atoms with Gasteiger partial charge in [-0.1, -0.05) is 41.1 Å². The Hall–Kier alpha value is -3.43. The highest BCUT2D eigenvalue weighted by atomic mass is 35.5. The Morgan fingerprint density at radius 2 is 1.60 bits per heavy atom. The molecule has 10 heteroatoms. The minimum atomic E-state index is -4.68. The average molecular weight is 519 g/mol. The fourth-order valence-corrected chi connectivity index (χ4v) is 4.47. The van der Waals surface area contributed by atoms with E-state index in [9.17, 15) is 22.8 Å². The van der Waals surface area contributed by atoms with Crippen LogP contribution in [-0.4, -0.2) is 18.9 Å². The van der Waals surface area contributed by atoms with Crippen molar-refractivity contribution in [2.24, 2.45) is 0 Å². The van der Waals surface area contributed by atoms with E-state index in [0.717, 1.165) is 29.5 Å². The van der Waals surface area contributed by atoms with E-state index in [1.165, 1.54) is 7.11 Å². The van der Waals surface area contributed by atoms with Crippen LogP contribution in [-0.2, 0) is 15.8 Å². The van der Waals surface area contributed by atoms with E-state index in [4.69, 9.17) is 16.3 Å². The molecule has 0 fully saturated rings. The summed E-state index contributed by atoms with van der Waals surface area (Å²) < 4.78 is 45.1. The minimum Gasteiger partial charge on any atom is -0.497 e. The molecule has 0 unspecified atom stereocenters. The summed E-state index contributed by atoms with van der Waals surface area (Å²) in [5, 5.41) is 2.78. The van der Waals surface area contributed by atoms with Gasteiger partial charge in [-0.15, -0.1) is 0 Å². The van der Waals surface area contributed by atoms with Gasteiger partial charge < -0.3 is 10.1 Å². The normalized spacial score (nSPS) is 14.1. The topological polar surface area (TPSA) is 58.6 Å². The summed E-state index contributed by atoms with van der Waals surface area (Å²) in [5.41, 5.74) is 0.0538. The Labute approximate surface area is 208 Å². The maximum absolute atomic E-state index is 13.4. The number of carbonyl (C=O) groups is 2. The molecule has 180 valence electrons. The second-order valence-electron chi connectivity index (χ2n) is 7.58. The number of nitrogens with zero attached hydrogens (tertiary/aromatic N) is 1. The number of halogens is 4. The van der Waals surface area contributed by atoms with Crippen LogP contribution in [0.1, 0.15) is 11.1 Å². The lowest BCUT2D eigenvalue weighted by Gasteiger charge is -2.18. The van der Waals surface area contributed by atoms with Gasteiger partial charge in [-0.05, 0) is 61.5 Å². The van der Waals surface area contributed by atoms with Crippen molar-refractivity contribution in [1.29, 1.82) is 0 Å². The first-order valence-corrected chi connectivity index (χ1v) is 11.4. The molecule has 0 aromatic heterocycles. The van der Waals surface area contributed by atoms with E-state index >= 15 is 0 Å². The number of hydrogen-bond acceptors (Lipinski definition) is 5. The van der Waals surface area contributed by atoms with Crippen LogP contribution < -0.4 is 15.0 Å². The molecular weight excluding hydrogens is 501 g/mol. The fourth-order valence-electron chi connectivity index (χ4n) is 3.34. The quantitative estimate of drug-likeness (QED) is 0.369. The van der Waals surface area contributed by atoms with Crippen LogP contribution in [0.15, 0.2) is 82.2 Å². The summed E-state index contributed by atoms with van der Waals surface area (Å²) >= 11 is 7.19. The number of alkyl halides is 3. The molecule has 0 saturated carbocycles. The molecule has 35 heavy (non-hydrogen) atoms. The van der Waals surface area contributed by atoms with E-state index in [2.05, 4.69) is 5.32 Å². The largest absolute Gasteiger partial charge is 0.497 e. The van der Waals surface area contributed by atoms with Gasteiger partial charge in [-0.3, -0.25) is 9.59 Å². The molecule has 3 aromatic carbocycles. The zero-order valence-electron chi connectivity index (χ0n) is 18.4. The van der Waals surface area contributed by atoms with Crippen LogP contribution in [0.5, 0.6) is 5.75 Å². The van der Waals surface area contributed by atoms with Gasteiger partial charge in [0.1, 0.15) is 16.4 Å². The smallest absolute Gasteiger partial charge is 0.416 e. The lowest BCUT2D eigenvalue weighted by atomic mass is 10.2. The number of imide groups is 1. The number of benzene rings is 3. The highest BCUT2D eigenvalue weighted by molar-refractivity contribution is 8.04. The zero-order chi connectivity index (χ0) is 25.3. The monoisotopic (exact) mass is 518 g/mol.